The van der Waals surface area contributed by atoms with Crippen molar-refractivity contribution >= 4 is 11.7 Å². The molecule has 3 rings (SSSR count). The molecular weight excluding hydrogens is 304 g/mol. The van der Waals surface area contributed by atoms with Gasteiger partial charge in [-0.2, -0.15) is 0 Å². The van der Waals surface area contributed by atoms with Crippen molar-refractivity contribution in [2.45, 2.75) is 25.6 Å². The number of ether oxygens (including phenoxy) is 1. The number of carbonyl (C=O) groups excluding carboxylic acids is 1. The van der Waals surface area contributed by atoms with Crippen molar-refractivity contribution in [1.82, 2.24) is 4.90 Å². The van der Waals surface area contributed by atoms with Gasteiger partial charge in [0.1, 0.15) is 11.9 Å². The fourth-order valence-corrected chi connectivity index (χ4v) is 2.78. The zero-order valence-corrected chi connectivity index (χ0v) is 13.7. The second-order valence-corrected chi connectivity index (χ2v) is 5.99. The molecular formula is C19H22N2O3. The number of nitrogens with zero attached hydrogens (tertiary/aromatic N) is 1. The van der Waals surface area contributed by atoms with Crippen LogP contribution in [0.2, 0.25) is 0 Å². The number of rotatable bonds is 4. The molecule has 0 aliphatic carbocycles. The number of aliphatic hydroxyl groups excluding tert-OH is 1. The number of β-amino-alcohol motifs (C(OH)–C–C–N with tert-alkyl or cyclic N) is 1. The Labute approximate surface area is 141 Å². The average molecular weight is 326 g/mol. The SMILES string of the molecule is C[C@@H](Oc1ccccc1NC(=O)N1CC[C@@H](O)C1)c1ccccc1. The quantitative estimate of drug-likeness (QED) is 0.905. The minimum atomic E-state index is -0.430. The molecule has 0 spiro atoms. The third-order valence-electron chi connectivity index (χ3n) is 4.15. The van der Waals surface area contributed by atoms with Crippen molar-refractivity contribution in [3.05, 3.63) is 60.2 Å². The molecule has 126 valence electrons. The molecule has 1 saturated heterocycles. The maximum absolute atomic E-state index is 12.3. The van der Waals surface area contributed by atoms with Crippen molar-refractivity contribution in [3.63, 3.8) is 0 Å². The highest BCUT2D eigenvalue weighted by atomic mass is 16.5. The topological polar surface area (TPSA) is 61.8 Å². The number of carbonyl (C=O) groups is 1. The van der Waals surface area contributed by atoms with Crippen LogP contribution in [0.15, 0.2) is 54.6 Å². The fourth-order valence-electron chi connectivity index (χ4n) is 2.78. The lowest BCUT2D eigenvalue weighted by Crippen LogP contribution is -2.33. The fraction of sp³-hybridized carbons (Fsp3) is 0.316. The van der Waals surface area contributed by atoms with E-state index in [1.165, 1.54) is 0 Å². The number of urea groups is 1. The van der Waals surface area contributed by atoms with Crippen LogP contribution in [0.25, 0.3) is 0 Å². The van der Waals surface area contributed by atoms with Gasteiger partial charge in [-0.05, 0) is 31.0 Å². The molecule has 2 amide bonds. The molecule has 0 aromatic heterocycles. The van der Waals surface area contributed by atoms with Gasteiger partial charge >= 0.3 is 6.03 Å². The van der Waals surface area contributed by atoms with Gasteiger partial charge in [-0.15, -0.1) is 0 Å². The van der Waals surface area contributed by atoms with Crippen LogP contribution in [-0.2, 0) is 0 Å². The number of benzene rings is 2. The van der Waals surface area contributed by atoms with Gasteiger partial charge in [0.25, 0.3) is 0 Å². The minimum Gasteiger partial charge on any atom is -0.484 e. The summed E-state index contributed by atoms with van der Waals surface area (Å²) in [4.78, 5) is 13.9. The Morgan fingerprint density at radius 2 is 1.92 bits per heavy atom. The lowest BCUT2D eigenvalue weighted by atomic mass is 10.1. The first kappa shape index (κ1) is 16.3. The molecule has 1 fully saturated rings. The molecule has 0 unspecified atom stereocenters. The summed E-state index contributed by atoms with van der Waals surface area (Å²) in [5.74, 6) is 0.627. The first-order chi connectivity index (χ1) is 11.6. The van der Waals surface area contributed by atoms with Crippen LogP contribution in [0, 0.1) is 0 Å². The largest absolute Gasteiger partial charge is 0.484 e. The summed E-state index contributed by atoms with van der Waals surface area (Å²) in [6.07, 6.45) is 0.0644. The summed E-state index contributed by atoms with van der Waals surface area (Å²) in [5, 5.41) is 12.4. The zero-order chi connectivity index (χ0) is 16.9. The maximum Gasteiger partial charge on any atom is 0.322 e. The van der Waals surface area contributed by atoms with Crippen molar-refractivity contribution in [3.8, 4) is 5.75 Å². The summed E-state index contributed by atoms with van der Waals surface area (Å²) in [6.45, 7) is 2.91. The van der Waals surface area contributed by atoms with Gasteiger partial charge in [0.2, 0.25) is 0 Å². The van der Waals surface area contributed by atoms with E-state index in [9.17, 15) is 9.90 Å². The number of aliphatic hydroxyl groups is 1. The Kier molecular flexibility index (Phi) is 5.01. The number of para-hydroxylation sites is 2. The Morgan fingerprint density at radius 1 is 1.21 bits per heavy atom. The van der Waals surface area contributed by atoms with E-state index in [1.54, 1.807) is 4.90 Å². The second kappa shape index (κ2) is 7.36. The molecule has 2 atom stereocenters. The molecule has 5 nitrogen and oxygen atoms in total. The Morgan fingerprint density at radius 3 is 2.62 bits per heavy atom. The summed E-state index contributed by atoms with van der Waals surface area (Å²) < 4.78 is 6.03. The first-order valence-electron chi connectivity index (χ1n) is 8.18. The molecule has 24 heavy (non-hydrogen) atoms. The molecule has 0 radical (unpaired) electrons. The highest BCUT2D eigenvalue weighted by Gasteiger charge is 2.25. The predicted molar refractivity (Wildman–Crippen MR) is 93.1 cm³/mol. The number of nitrogens with one attached hydrogen (secondary N) is 1. The van der Waals surface area contributed by atoms with Crippen LogP contribution >= 0.6 is 0 Å². The number of likely N-dealkylation sites (tertiary alicyclic amines) is 1. The van der Waals surface area contributed by atoms with Crippen molar-refractivity contribution in [2.24, 2.45) is 0 Å². The van der Waals surface area contributed by atoms with E-state index in [4.69, 9.17) is 4.74 Å². The molecule has 2 N–H and O–H groups in total. The standard InChI is InChI=1S/C19H22N2O3/c1-14(15-7-3-2-4-8-15)24-18-10-6-5-9-17(18)20-19(23)21-12-11-16(22)13-21/h2-10,14,16,22H,11-13H2,1H3,(H,20,23)/t14-,16-/m1/s1. The Balaban J connectivity index is 1.70. The number of hydrogen-bond acceptors (Lipinski definition) is 3. The molecule has 0 saturated carbocycles. The van der Waals surface area contributed by atoms with Crippen molar-refractivity contribution in [1.29, 1.82) is 0 Å². The van der Waals surface area contributed by atoms with E-state index in [0.717, 1.165) is 5.56 Å². The van der Waals surface area contributed by atoms with E-state index in [2.05, 4.69) is 5.32 Å². The molecule has 1 aliphatic rings. The lowest BCUT2D eigenvalue weighted by Gasteiger charge is -2.20. The van der Waals surface area contributed by atoms with Crippen LogP contribution in [-0.4, -0.2) is 35.2 Å². The lowest BCUT2D eigenvalue weighted by molar-refractivity contribution is 0.176. The van der Waals surface area contributed by atoms with Crippen LogP contribution in [0.5, 0.6) is 5.75 Å². The van der Waals surface area contributed by atoms with Crippen LogP contribution in [0.3, 0.4) is 0 Å². The van der Waals surface area contributed by atoms with Gasteiger partial charge in [0.05, 0.1) is 11.8 Å². The van der Waals surface area contributed by atoms with Gasteiger partial charge in [-0.3, -0.25) is 0 Å². The molecule has 2 aromatic rings. The van der Waals surface area contributed by atoms with E-state index in [-0.39, 0.29) is 12.1 Å². The highest BCUT2D eigenvalue weighted by Crippen LogP contribution is 2.29. The molecule has 1 aliphatic heterocycles. The number of amides is 2. The van der Waals surface area contributed by atoms with Gasteiger partial charge in [-0.25, -0.2) is 4.79 Å². The van der Waals surface area contributed by atoms with Gasteiger partial charge in [-0.1, -0.05) is 42.5 Å². The Hall–Kier alpha value is -2.53. The summed E-state index contributed by atoms with van der Waals surface area (Å²) in [6, 6.07) is 17.1. The van der Waals surface area contributed by atoms with Gasteiger partial charge in [0.15, 0.2) is 0 Å². The van der Waals surface area contributed by atoms with E-state index in [0.29, 0.717) is 30.9 Å². The summed E-state index contributed by atoms with van der Waals surface area (Å²) in [5.41, 5.74) is 1.70. The minimum absolute atomic E-state index is 0.127. The monoisotopic (exact) mass is 326 g/mol. The van der Waals surface area contributed by atoms with E-state index in [1.807, 2.05) is 61.5 Å². The third kappa shape index (κ3) is 3.86. The summed E-state index contributed by atoms with van der Waals surface area (Å²) >= 11 is 0. The van der Waals surface area contributed by atoms with Gasteiger partial charge < -0.3 is 20.1 Å². The third-order valence-corrected chi connectivity index (χ3v) is 4.15. The van der Waals surface area contributed by atoms with Crippen LogP contribution in [0.1, 0.15) is 25.0 Å². The van der Waals surface area contributed by atoms with Crippen LogP contribution in [0.4, 0.5) is 10.5 Å². The molecule has 5 heteroatoms. The first-order valence-corrected chi connectivity index (χ1v) is 8.18. The Bertz CT molecular complexity index is 690. The normalized spacial score (nSPS) is 18.2. The predicted octanol–water partition coefficient (Wildman–Crippen LogP) is 3.43. The molecule has 0 bridgehead atoms. The van der Waals surface area contributed by atoms with Crippen LogP contribution < -0.4 is 10.1 Å². The molecule has 2 aromatic carbocycles. The van der Waals surface area contributed by atoms with E-state index < -0.39 is 6.10 Å². The maximum atomic E-state index is 12.3. The molecule has 1 heterocycles. The average Bonchev–Trinajstić information content (AvgIpc) is 3.04. The number of anilines is 1. The van der Waals surface area contributed by atoms with E-state index >= 15 is 0 Å². The second-order valence-electron chi connectivity index (χ2n) is 5.99. The van der Waals surface area contributed by atoms with Crippen molar-refractivity contribution < 1.29 is 14.6 Å². The zero-order valence-electron chi connectivity index (χ0n) is 13.7. The number of hydrogen-bond donors (Lipinski definition) is 2. The smallest absolute Gasteiger partial charge is 0.322 e. The van der Waals surface area contributed by atoms with Gasteiger partial charge in [0, 0.05) is 13.1 Å². The van der Waals surface area contributed by atoms with Crippen molar-refractivity contribution in [2.75, 3.05) is 18.4 Å². The highest BCUT2D eigenvalue weighted by molar-refractivity contribution is 5.91. The summed E-state index contributed by atoms with van der Waals surface area (Å²) in [7, 11) is 0.